The fourth-order valence-corrected chi connectivity index (χ4v) is 12.3. The summed E-state index contributed by atoms with van der Waals surface area (Å²) in [4.78, 5) is 124. The van der Waals surface area contributed by atoms with Crippen molar-refractivity contribution in [2.45, 2.75) is 39.0 Å². The number of aromatic nitrogens is 9. The molecule has 0 bridgehead atoms. The van der Waals surface area contributed by atoms with Crippen LogP contribution in [0.1, 0.15) is 47.9 Å². The maximum atomic E-state index is 13.4. The molecule has 0 saturated carbocycles. The monoisotopic (exact) mass is 1720 g/mol. The molecule has 598 valence electrons. The molecule has 116 heavy (non-hydrogen) atoms. The Bertz CT molecular complexity index is 6000. The van der Waals surface area contributed by atoms with E-state index in [1.54, 1.807) is 32.9 Å². The summed E-state index contributed by atoms with van der Waals surface area (Å²) in [5, 5.41) is 58.8. The topological polar surface area (TPSA) is 452 Å². The summed E-state index contributed by atoms with van der Waals surface area (Å²) in [5.41, 5.74) is 6.94. The van der Waals surface area contributed by atoms with Crippen molar-refractivity contribution >= 4 is 169 Å². The largest absolute Gasteiger partial charge is 0.478 e. The number of anilines is 4. The van der Waals surface area contributed by atoms with E-state index in [1.807, 2.05) is 0 Å². The molecule has 10 heterocycles. The molecule has 0 spiro atoms. The fraction of sp³-hybridized carbons (Fsp3) is 0.116. The number of urea groups is 1. The number of aromatic carboxylic acids is 1. The number of nitrogen functional groups attached to an aromatic ring is 1. The Morgan fingerprint density at radius 1 is 0.509 bits per heavy atom. The molecule has 1 fully saturated rings. The van der Waals surface area contributed by atoms with Crippen molar-refractivity contribution in [3.05, 3.63) is 260 Å². The van der Waals surface area contributed by atoms with Gasteiger partial charge in [-0.05, 0) is 112 Å². The van der Waals surface area contributed by atoms with Gasteiger partial charge in [0.1, 0.15) is 93.3 Å². The van der Waals surface area contributed by atoms with Crippen molar-refractivity contribution < 1.29 is 88.2 Å². The summed E-state index contributed by atoms with van der Waals surface area (Å²) in [5.74, 6) is -9.98. The summed E-state index contributed by atoms with van der Waals surface area (Å²) in [6.07, 6.45) is 5.58. The Kier molecular flexibility index (Phi) is 28.3. The van der Waals surface area contributed by atoms with Crippen LogP contribution in [0.2, 0.25) is 15.5 Å². The fourth-order valence-electron chi connectivity index (χ4n) is 9.19. The number of pyridine rings is 6. The van der Waals surface area contributed by atoms with E-state index in [9.17, 15) is 99.1 Å². The normalized spacial score (nSPS) is 12.0. The number of alkyl halides is 1. The molecule has 1 aliphatic rings. The highest BCUT2D eigenvalue weighted by atomic mass is 35.5. The number of nitrogens with two attached hydrogens (primary N) is 1. The summed E-state index contributed by atoms with van der Waals surface area (Å²) in [6, 6.07) is 20.5. The number of hydrogen-bond donors (Lipinski definition) is 5. The number of benzene rings is 4. The summed E-state index contributed by atoms with van der Waals surface area (Å²) in [7, 11) is 0. The highest BCUT2D eigenvalue weighted by Gasteiger charge is 2.27. The number of ether oxygens (including phenoxy) is 1. The van der Waals surface area contributed by atoms with E-state index in [1.165, 1.54) is 64.2 Å². The van der Waals surface area contributed by atoms with Crippen LogP contribution in [-0.4, -0.2) is 123 Å². The average molecular weight is 1720 g/mol. The van der Waals surface area contributed by atoms with Crippen molar-refractivity contribution in [3.8, 4) is 31.7 Å². The number of carboxylic acids is 1. The first-order valence-corrected chi connectivity index (χ1v) is 35.5. The highest BCUT2D eigenvalue weighted by molar-refractivity contribution is 7.22. The third-order valence-corrected chi connectivity index (χ3v) is 18.5. The molecule has 47 heteroatoms. The van der Waals surface area contributed by atoms with Gasteiger partial charge >= 0.3 is 18.1 Å². The Labute approximate surface area is 669 Å². The zero-order valence-electron chi connectivity index (χ0n) is 58.4. The zero-order valence-corrected chi connectivity index (χ0v) is 63.1. The molecule has 1 aliphatic heterocycles. The van der Waals surface area contributed by atoms with Crippen LogP contribution in [0.5, 0.6) is 0 Å². The smallest absolute Gasteiger partial charge is 0.412 e. The minimum atomic E-state index is -1.35. The number of carbonyl (C=O) groups is 4. The highest BCUT2D eigenvalue weighted by Crippen LogP contribution is 2.35. The van der Waals surface area contributed by atoms with Crippen LogP contribution >= 0.6 is 68.8 Å². The van der Waals surface area contributed by atoms with Gasteiger partial charge in [0, 0.05) is 53.1 Å². The summed E-state index contributed by atoms with van der Waals surface area (Å²) in [6.45, 7) is 5.54. The second kappa shape index (κ2) is 37.9. The van der Waals surface area contributed by atoms with Gasteiger partial charge in [-0.15, -0.1) is 0 Å². The summed E-state index contributed by atoms with van der Waals surface area (Å²) < 4.78 is 123. The van der Waals surface area contributed by atoms with Crippen LogP contribution < -0.4 is 21.7 Å². The predicted molar refractivity (Wildman–Crippen MR) is 408 cm³/mol. The van der Waals surface area contributed by atoms with E-state index >= 15 is 0 Å². The average Bonchev–Trinajstić information content (AvgIpc) is 1.66. The predicted octanol–water partition coefficient (Wildman–Crippen LogP) is 18.5. The molecule has 1 atom stereocenters. The number of carboxylic acid groups (broad SMARTS) is 1. The van der Waals surface area contributed by atoms with Gasteiger partial charge in [-0.25, -0.2) is 98.8 Å². The van der Waals surface area contributed by atoms with Gasteiger partial charge in [-0.1, -0.05) is 68.8 Å². The van der Waals surface area contributed by atoms with Crippen molar-refractivity contribution in [2.24, 2.45) is 0 Å². The quantitative estimate of drug-likeness (QED) is 0.0328. The lowest BCUT2D eigenvalue weighted by molar-refractivity contribution is -0.385. The lowest BCUT2D eigenvalue weighted by atomic mass is 10.2. The second-order valence-corrected chi connectivity index (χ2v) is 28.0. The second-order valence-electron chi connectivity index (χ2n) is 24.0. The third kappa shape index (κ3) is 23.4. The number of thiazole rings is 3. The molecule has 0 radical (unpaired) electrons. The van der Waals surface area contributed by atoms with Gasteiger partial charge in [-0.2, -0.15) is 0 Å². The number of halogens is 12. The Balaban J connectivity index is 0.000000161. The van der Waals surface area contributed by atoms with E-state index in [4.69, 9.17) is 50.4 Å². The number of rotatable bonds is 12. The van der Waals surface area contributed by atoms with Gasteiger partial charge < -0.3 is 31.1 Å². The molecule has 0 aliphatic carbocycles. The molecular weight excluding hydrogens is 1680 g/mol. The molecule has 9 aromatic heterocycles. The molecule has 4 amide bonds. The molecule has 32 nitrogen and oxygen atoms in total. The Morgan fingerprint density at radius 2 is 0.905 bits per heavy atom. The number of amides is 4. The molecule has 1 saturated heterocycles. The number of likely N-dealkylation sites (tertiary alicyclic amines) is 1. The number of nitrogens with zero attached hydrogens (tertiary/aromatic N) is 14. The van der Waals surface area contributed by atoms with E-state index in [-0.39, 0.29) is 67.6 Å². The first-order chi connectivity index (χ1) is 54.8. The number of fused-ring (bicyclic) bond motifs is 3. The van der Waals surface area contributed by atoms with E-state index in [0.29, 0.717) is 93.2 Å². The van der Waals surface area contributed by atoms with Gasteiger partial charge in [0.25, 0.3) is 28.7 Å². The molecule has 13 aromatic rings. The molecule has 0 unspecified atom stereocenters. The first-order valence-electron chi connectivity index (χ1n) is 31.9. The molecule has 6 N–H and O–H groups in total. The number of hydrogen-bond acceptors (Lipinski definition) is 26. The van der Waals surface area contributed by atoms with Gasteiger partial charge in [-0.3, -0.25) is 50.6 Å². The van der Waals surface area contributed by atoms with Crippen LogP contribution in [0.15, 0.2) is 146 Å². The van der Waals surface area contributed by atoms with Crippen molar-refractivity contribution in [3.63, 3.8) is 0 Å². The van der Waals surface area contributed by atoms with Crippen LogP contribution in [0.3, 0.4) is 0 Å². The third-order valence-electron chi connectivity index (χ3n) is 14.5. The molecular formula is C69H46Cl3F9N18O14S3. The lowest BCUT2D eigenvalue weighted by Gasteiger charge is -2.19. The minimum absolute atomic E-state index is 0.0279. The SMILES string of the molecule is CC(C)(C)OC(=O)Nc1cc([N+](=O)[O-])cnc1Cl.Nc1cnc2sc(-c3ccc(F)c(F)c3)nc2c1.O=C(Nc1cc([N+](=O)[O-])cnc1Cl)c1ccc(F)c(F)c1.O=C(Nc1cnc2sc(-c3ccc(F)c(F)c3)nc2c1)N1CC[C@H](F)C1.O=C(O)c1cc([N+](=O)[O-])cnc1Cl.O=[N+]([O-])c1cnc2sc(-c3ccc(F)c(F)c3)nc2c1. The van der Waals surface area contributed by atoms with Crippen molar-refractivity contribution in [1.82, 2.24) is 49.8 Å². The molecule has 14 rings (SSSR count). The Morgan fingerprint density at radius 3 is 1.34 bits per heavy atom. The van der Waals surface area contributed by atoms with Gasteiger partial charge in [0.2, 0.25) is 0 Å². The van der Waals surface area contributed by atoms with E-state index in [2.05, 4.69) is 60.8 Å². The van der Waals surface area contributed by atoms with E-state index < -0.39 is 102 Å². The standard InChI is InChI=1S/C17H13F3N4OS.C12H6ClF2N3O3.C12H5F2N3O2S.C12H7F2N3S.C10H12ClN3O4.C6H3ClN2O4/c18-10-3-4-24(8-10)17(25)22-11-6-14-16(21-7-11)26-15(23-14)9-1-2-12(19)13(20)5-9;13-11-10(4-7(5-16-11)18(20)21)17-12(19)6-1-2-8(14)9(15)3-6;13-8-2-1-6(3-9(8)14)11-16-10-4-7(17(18)19)5-15-12(10)20-11;13-8-2-1-6(3-9(8)14)11-17-10-4-7(15)5-16-12(10)18-11;1-10(2,3)18-9(15)13-7-4-6(14(16)17)5-12-8(7)11;7-5-4(6(10)11)1-3(2-8-5)9(12)13/h1-2,5-7,10H,3-4,8H2,(H,22,25);1-5H,(H,17,19);1-5H;1-5H,15H2;4-5H,1-3H3,(H,13,15);1-2H,(H,10,11)/t10-;;;;;/m0...../s1. The molecule has 4 aromatic carbocycles. The maximum absolute atomic E-state index is 13.4. The summed E-state index contributed by atoms with van der Waals surface area (Å²) >= 11 is 20.5. The van der Waals surface area contributed by atoms with Crippen LogP contribution in [-0.2, 0) is 4.74 Å². The number of carbonyl (C=O) groups excluding carboxylic acids is 3. The van der Waals surface area contributed by atoms with Crippen LogP contribution in [0.25, 0.3) is 62.8 Å². The number of nitrogens with one attached hydrogen (secondary N) is 3. The Hall–Kier alpha value is -13.4. The first kappa shape index (κ1) is 86.6. The van der Waals surface area contributed by atoms with Gasteiger partial charge in [0.05, 0.1) is 61.4 Å². The minimum Gasteiger partial charge on any atom is -0.478 e. The maximum Gasteiger partial charge on any atom is 0.412 e. The van der Waals surface area contributed by atoms with Crippen LogP contribution in [0.4, 0.5) is 94.6 Å². The van der Waals surface area contributed by atoms with Crippen LogP contribution in [0, 0.1) is 87.0 Å². The van der Waals surface area contributed by atoms with Gasteiger partial charge in [0.15, 0.2) is 56.8 Å². The van der Waals surface area contributed by atoms with Crippen molar-refractivity contribution in [1.29, 1.82) is 0 Å². The lowest BCUT2D eigenvalue weighted by Crippen LogP contribution is -2.33. The number of nitro groups is 4. The zero-order chi connectivity index (χ0) is 84.7. The van der Waals surface area contributed by atoms with E-state index in [0.717, 1.165) is 103 Å². The van der Waals surface area contributed by atoms with Crippen molar-refractivity contribution in [2.75, 3.05) is 34.8 Å².